The normalized spacial score (nSPS) is 19.7. The quantitative estimate of drug-likeness (QED) is 0.870. The molecule has 21 heavy (non-hydrogen) atoms. The molecule has 2 fully saturated rings. The molecular formula is C18H28N2O. The maximum atomic E-state index is 5.45. The molecule has 0 radical (unpaired) electrons. The molecule has 3 rings (SSSR count). The van der Waals surface area contributed by atoms with E-state index < -0.39 is 0 Å². The van der Waals surface area contributed by atoms with Crippen molar-refractivity contribution in [3.05, 3.63) is 29.3 Å². The summed E-state index contributed by atoms with van der Waals surface area (Å²) in [6, 6.07) is 7.68. The summed E-state index contributed by atoms with van der Waals surface area (Å²) in [6.45, 7) is 6.26. The van der Waals surface area contributed by atoms with Crippen LogP contribution in [0.25, 0.3) is 0 Å². The first kappa shape index (κ1) is 14.9. The Morgan fingerprint density at radius 2 is 1.95 bits per heavy atom. The van der Waals surface area contributed by atoms with Crippen molar-refractivity contribution in [2.75, 3.05) is 31.7 Å². The molecule has 1 N–H and O–H groups in total. The number of hydrogen-bond donors (Lipinski definition) is 1. The number of aryl methyl sites for hydroxylation is 1. The molecule has 2 aliphatic rings. The van der Waals surface area contributed by atoms with Gasteiger partial charge in [-0.2, -0.15) is 0 Å². The van der Waals surface area contributed by atoms with Crippen molar-refractivity contribution in [1.82, 2.24) is 5.32 Å². The average molecular weight is 288 g/mol. The largest absolute Gasteiger partial charge is 0.381 e. The lowest BCUT2D eigenvalue weighted by Gasteiger charge is -2.29. The zero-order valence-corrected chi connectivity index (χ0v) is 13.4. The van der Waals surface area contributed by atoms with Crippen molar-refractivity contribution < 1.29 is 4.74 Å². The first-order chi connectivity index (χ1) is 10.2. The Bertz CT molecular complexity index is 464. The molecule has 3 heteroatoms. The standard InChI is InChI=1S/C18H28N2O/c1-14-11-18(6-3-16(14)12-19-17-4-5-17)20(2)13-15-7-9-21-10-8-15/h3,6,11,15,17,19H,4-5,7-10,12-13H2,1-2H3. The number of ether oxygens (including phenoxy) is 1. The highest BCUT2D eigenvalue weighted by Gasteiger charge is 2.20. The van der Waals surface area contributed by atoms with Crippen LogP contribution in [-0.4, -0.2) is 32.8 Å². The molecule has 0 unspecified atom stereocenters. The van der Waals surface area contributed by atoms with E-state index in [4.69, 9.17) is 4.74 Å². The molecule has 1 aliphatic heterocycles. The van der Waals surface area contributed by atoms with Crippen LogP contribution in [0.4, 0.5) is 5.69 Å². The molecule has 1 aromatic carbocycles. The van der Waals surface area contributed by atoms with E-state index in [1.807, 2.05) is 0 Å². The predicted octanol–water partition coefficient (Wildman–Crippen LogP) is 3.11. The van der Waals surface area contributed by atoms with Gasteiger partial charge in [-0.15, -0.1) is 0 Å². The van der Waals surface area contributed by atoms with E-state index in [1.165, 1.54) is 42.5 Å². The smallest absolute Gasteiger partial charge is 0.0469 e. The Labute approximate surface area is 128 Å². The van der Waals surface area contributed by atoms with Crippen LogP contribution < -0.4 is 10.2 Å². The van der Waals surface area contributed by atoms with Gasteiger partial charge in [0, 0.05) is 45.1 Å². The SMILES string of the molecule is Cc1cc(N(C)CC2CCOCC2)ccc1CNC1CC1. The van der Waals surface area contributed by atoms with Crippen LogP contribution in [0.3, 0.4) is 0 Å². The van der Waals surface area contributed by atoms with Gasteiger partial charge >= 0.3 is 0 Å². The van der Waals surface area contributed by atoms with E-state index in [-0.39, 0.29) is 0 Å². The van der Waals surface area contributed by atoms with Crippen molar-refractivity contribution in [3.8, 4) is 0 Å². The second-order valence-corrected chi connectivity index (χ2v) is 6.70. The minimum Gasteiger partial charge on any atom is -0.381 e. The van der Waals surface area contributed by atoms with Crippen molar-refractivity contribution in [3.63, 3.8) is 0 Å². The van der Waals surface area contributed by atoms with Gasteiger partial charge in [0.15, 0.2) is 0 Å². The summed E-state index contributed by atoms with van der Waals surface area (Å²) in [4.78, 5) is 2.40. The minimum absolute atomic E-state index is 0.778. The first-order valence-corrected chi connectivity index (χ1v) is 8.34. The summed E-state index contributed by atoms with van der Waals surface area (Å²) >= 11 is 0. The Hall–Kier alpha value is -1.06. The summed E-state index contributed by atoms with van der Waals surface area (Å²) in [6.07, 6.45) is 5.11. The molecule has 1 saturated heterocycles. The van der Waals surface area contributed by atoms with E-state index in [2.05, 4.69) is 42.4 Å². The van der Waals surface area contributed by atoms with Gasteiger partial charge in [0.2, 0.25) is 0 Å². The molecule has 116 valence electrons. The highest BCUT2D eigenvalue weighted by Crippen LogP contribution is 2.24. The Morgan fingerprint density at radius 1 is 1.19 bits per heavy atom. The zero-order valence-electron chi connectivity index (χ0n) is 13.4. The van der Waals surface area contributed by atoms with Gasteiger partial charge in [-0.1, -0.05) is 6.07 Å². The summed E-state index contributed by atoms with van der Waals surface area (Å²) in [5, 5.41) is 3.60. The number of hydrogen-bond acceptors (Lipinski definition) is 3. The maximum absolute atomic E-state index is 5.45. The molecule has 0 amide bonds. The zero-order chi connectivity index (χ0) is 14.7. The molecule has 1 aliphatic carbocycles. The van der Waals surface area contributed by atoms with E-state index in [0.29, 0.717) is 0 Å². The van der Waals surface area contributed by atoms with Crippen LogP contribution in [0.2, 0.25) is 0 Å². The van der Waals surface area contributed by atoms with E-state index in [1.54, 1.807) is 0 Å². The summed E-state index contributed by atoms with van der Waals surface area (Å²) < 4.78 is 5.45. The van der Waals surface area contributed by atoms with Gasteiger partial charge in [-0.3, -0.25) is 0 Å². The van der Waals surface area contributed by atoms with Crippen LogP contribution in [0, 0.1) is 12.8 Å². The molecule has 1 aromatic rings. The lowest BCUT2D eigenvalue weighted by atomic mass is 9.99. The third kappa shape index (κ3) is 4.21. The van der Waals surface area contributed by atoms with Crippen LogP contribution in [-0.2, 0) is 11.3 Å². The molecule has 1 saturated carbocycles. The highest BCUT2D eigenvalue weighted by atomic mass is 16.5. The molecule has 0 bridgehead atoms. The van der Waals surface area contributed by atoms with E-state index in [0.717, 1.165) is 38.3 Å². The molecule has 1 heterocycles. The Morgan fingerprint density at radius 3 is 2.62 bits per heavy atom. The van der Waals surface area contributed by atoms with Crippen molar-refractivity contribution in [2.45, 2.75) is 45.2 Å². The Kier molecular flexibility index (Phi) is 4.81. The van der Waals surface area contributed by atoms with Gasteiger partial charge in [0.1, 0.15) is 0 Å². The molecule has 0 aromatic heterocycles. The lowest BCUT2D eigenvalue weighted by molar-refractivity contribution is 0.0685. The molecule has 0 atom stereocenters. The van der Waals surface area contributed by atoms with E-state index in [9.17, 15) is 0 Å². The first-order valence-electron chi connectivity index (χ1n) is 8.34. The maximum Gasteiger partial charge on any atom is 0.0469 e. The fourth-order valence-electron chi connectivity index (χ4n) is 3.08. The van der Waals surface area contributed by atoms with Crippen molar-refractivity contribution in [2.24, 2.45) is 5.92 Å². The number of nitrogens with one attached hydrogen (secondary N) is 1. The van der Waals surface area contributed by atoms with Gasteiger partial charge in [0.25, 0.3) is 0 Å². The number of anilines is 1. The van der Waals surface area contributed by atoms with Crippen molar-refractivity contribution in [1.29, 1.82) is 0 Å². The van der Waals surface area contributed by atoms with Gasteiger partial charge in [0.05, 0.1) is 0 Å². The topological polar surface area (TPSA) is 24.5 Å². The van der Waals surface area contributed by atoms with Crippen LogP contribution >= 0.6 is 0 Å². The van der Waals surface area contributed by atoms with Gasteiger partial charge in [-0.25, -0.2) is 0 Å². The third-order valence-electron chi connectivity index (χ3n) is 4.80. The van der Waals surface area contributed by atoms with Gasteiger partial charge in [-0.05, 0) is 61.8 Å². The van der Waals surface area contributed by atoms with Crippen LogP contribution in [0.1, 0.15) is 36.8 Å². The summed E-state index contributed by atoms with van der Waals surface area (Å²) in [7, 11) is 2.21. The minimum atomic E-state index is 0.778. The molecular weight excluding hydrogens is 260 g/mol. The second-order valence-electron chi connectivity index (χ2n) is 6.70. The lowest BCUT2D eigenvalue weighted by Crippen LogP contribution is -2.29. The fraction of sp³-hybridized carbons (Fsp3) is 0.667. The van der Waals surface area contributed by atoms with Crippen LogP contribution in [0.15, 0.2) is 18.2 Å². The average Bonchev–Trinajstić information content (AvgIpc) is 3.31. The van der Waals surface area contributed by atoms with E-state index >= 15 is 0 Å². The summed E-state index contributed by atoms with van der Waals surface area (Å²) in [5.41, 5.74) is 4.18. The monoisotopic (exact) mass is 288 g/mol. The fourth-order valence-corrected chi connectivity index (χ4v) is 3.08. The van der Waals surface area contributed by atoms with Crippen LogP contribution in [0.5, 0.6) is 0 Å². The number of benzene rings is 1. The Balaban J connectivity index is 1.57. The third-order valence-corrected chi connectivity index (χ3v) is 4.80. The number of nitrogens with zero attached hydrogens (tertiary/aromatic N) is 1. The molecule has 3 nitrogen and oxygen atoms in total. The predicted molar refractivity (Wildman–Crippen MR) is 87.9 cm³/mol. The molecule has 0 spiro atoms. The highest BCUT2D eigenvalue weighted by molar-refractivity contribution is 5.50. The summed E-state index contributed by atoms with van der Waals surface area (Å²) in [5.74, 6) is 0.778. The van der Waals surface area contributed by atoms with Gasteiger partial charge < -0.3 is 15.0 Å². The second kappa shape index (κ2) is 6.80. The van der Waals surface area contributed by atoms with Crippen molar-refractivity contribution >= 4 is 5.69 Å². The number of rotatable bonds is 6.